The number of rotatable bonds is 9. The number of nitrogens with zero attached hydrogens (tertiary/aromatic N) is 1. The largest absolute Gasteiger partial charge is 0.493 e. The highest BCUT2D eigenvalue weighted by Crippen LogP contribution is 2.28. The van der Waals surface area contributed by atoms with Crippen molar-refractivity contribution in [3.63, 3.8) is 0 Å². The Labute approximate surface area is 178 Å². The first-order valence-corrected chi connectivity index (χ1v) is 8.54. The average molecular weight is 485 g/mol. The fourth-order valence-corrected chi connectivity index (χ4v) is 2.35. The van der Waals surface area contributed by atoms with Crippen molar-refractivity contribution >= 4 is 29.9 Å². The number of ether oxygens (including phenoxy) is 3. The lowest BCUT2D eigenvalue weighted by atomic mass is 10.2. The molecular weight excluding hydrogens is 457 g/mol. The highest BCUT2D eigenvalue weighted by Gasteiger charge is 2.07. The van der Waals surface area contributed by atoms with Crippen LogP contribution in [-0.2, 0) is 17.9 Å². The molecule has 6 nitrogen and oxygen atoms in total. The van der Waals surface area contributed by atoms with Gasteiger partial charge in [-0.1, -0.05) is 36.4 Å². The first-order chi connectivity index (χ1) is 12.8. The van der Waals surface area contributed by atoms with Gasteiger partial charge in [0.2, 0.25) is 0 Å². The van der Waals surface area contributed by atoms with E-state index >= 15 is 0 Å². The first kappa shape index (κ1) is 23.0. The Bertz CT molecular complexity index is 696. The molecule has 2 N–H and O–H groups in total. The van der Waals surface area contributed by atoms with E-state index in [9.17, 15) is 0 Å². The third kappa shape index (κ3) is 8.04. The standard InChI is InChI=1S/C20H27N3O3.HI/c1-21-20(22-11-12-24-2)23-14-17-9-10-18(19(13-17)25-3)26-15-16-7-5-4-6-8-16;/h4-10,13H,11-12,14-15H2,1-3H3,(H2,21,22,23);1H. The fourth-order valence-electron chi connectivity index (χ4n) is 2.35. The van der Waals surface area contributed by atoms with Crippen molar-refractivity contribution in [2.45, 2.75) is 13.2 Å². The molecule has 2 rings (SSSR count). The van der Waals surface area contributed by atoms with Gasteiger partial charge < -0.3 is 24.8 Å². The van der Waals surface area contributed by atoms with Crippen molar-refractivity contribution in [2.75, 3.05) is 34.4 Å². The van der Waals surface area contributed by atoms with E-state index in [1.807, 2.05) is 48.5 Å². The van der Waals surface area contributed by atoms with Gasteiger partial charge in [0.25, 0.3) is 0 Å². The summed E-state index contributed by atoms with van der Waals surface area (Å²) in [6.07, 6.45) is 0. The summed E-state index contributed by atoms with van der Waals surface area (Å²) in [7, 11) is 5.06. The molecule has 0 amide bonds. The minimum absolute atomic E-state index is 0. The van der Waals surface area contributed by atoms with Crippen LogP contribution in [0, 0.1) is 0 Å². The van der Waals surface area contributed by atoms with Crippen LogP contribution in [0.1, 0.15) is 11.1 Å². The molecule has 0 aliphatic carbocycles. The van der Waals surface area contributed by atoms with Crippen molar-refractivity contribution in [3.8, 4) is 11.5 Å². The number of hydrogen-bond acceptors (Lipinski definition) is 4. The Morgan fingerprint density at radius 3 is 2.41 bits per heavy atom. The molecule has 0 unspecified atom stereocenters. The van der Waals surface area contributed by atoms with Crippen molar-refractivity contribution in [3.05, 3.63) is 59.7 Å². The van der Waals surface area contributed by atoms with Gasteiger partial charge in [-0.05, 0) is 23.3 Å². The molecule has 0 aliphatic heterocycles. The normalized spacial score (nSPS) is 10.7. The molecule has 7 heteroatoms. The van der Waals surface area contributed by atoms with Crippen LogP contribution < -0.4 is 20.1 Å². The highest BCUT2D eigenvalue weighted by atomic mass is 127. The van der Waals surface area contributed by atoms with Gasteiger partial charge >= 0.3 is 0 Å². The molecule has 0 spiro atoms. The molecule has 0 atom stereocenters. The van der Waals surface area contributed by atoms with Gasteiger partial charge in [0, 0.05) is 27.2 Å². The van der Waals surface area contributed by atoms with Crippen molar-refractivity contribution < 1.29 is 14.2 Å². The predicted octanol–water partition coefficient (Wildman–Crippen LogP) is 3.20. The van der Waals surface area contributed by atoms with Crippen LogP contribution >= 0.6 is 24.0 Å². The highest BCUT2D eigenvalue weighted by molar-refractivity contribution is 14.0. The summed E-state index contributed by atoms with van der Waals surface area (Å²) in [5, 5.41) is 6.44. The third-order valence-electron chi connectivity index (χ3n) is 3.75. The van der Waals surface area contributed by atoms with Crippen LogP contribution in [0.3, 0.4) is 0 Å². The molecule has 2 aromatic carbocycles. The monoisotopic (exact) mass is 485 g/mol. The lowest BCUT2D eigenvalue weighted by molar-refractivity contribution is 0.203. The van der Waals surface area contributed by atoms with Gasteiger partial charge in [-0.15, -0.1) is 24.0 Å². The lowest BCUT2D eigenvalue weighted by Gasteiger charge is -2.14. The maximum Gasteiger partial charge on any atom is 0.191 e. The first-order valence-electron chi connectivity index (χ1n) is 8.54. The zero-order valence-corrected chi connectivity index (χ0v) is 18.4. The number of aliphatic imine (C=N–C) groups is 1. The summed E-state index contributed by atoms with van der Waals surface area (Å²) in [5.74, 6) is 2.16. The second-order valence-electron chi connectivity index (χ2n) is 5.60. The van der Waals surface area contributed by atoms with Gasteiger partial charge in [-0.2, -0.15) is 0 Å². The minimum Gasteiger partial charge on any atom is -0.493 e. The number of hydrogen-bond donors (Lipinski definition) is 2. The van der Waals surface area contributed by atoms with Crippen LogP contribution in [0.4, 0.5) is 0 Å². The molecule has 2 aromatic rings. The molecule has 0 saturated heterocycles. The molecule has 27 heavy (non-hydrogen) atoms. The van der Waals surface area contributed by atoms with E-state index in [2.05, 4.69) is 15.6 Å². The van der Waals surface area contributed by atoms with E-state index in [-0.39, 0.29) is 24.0 Å². The summed E-state index contributed by atoms with van der Waals surface area (Å²) in [5.41, 5.74) is 2.19. The third-order valence-corrected chi connectivity index (χ3v) is 3.75. The number of guanidine groups is 1. The van der Waals surface area contributed by atoms with Crippen LogP contribution in [0.15, 0.2) is 53.5 Å². The SMILES string of the molecule is CN=C(NCCOC)NCc1ccc(OCc2ccccc2)c(OC)c1.I. The summed E-state index contributed by atoms with van der Waals surface area (Å²) >= 11 is 0. The predicted molar refractivity (Wildman–Crippen MR) is 119 cm³/mol. The Morgan fingerprint density at radius 2 is 1.74 bits per heavy atom. The van der Waals surface area contributed by atoms with Crippen molar-refractivity contribution in [1.29, 1.82) is 0 Å². The zero-order valence-electron chi connectivity index (χ0n) is 16.0. The fraction of sp³-hybridized carbons (Fsp3) is 0.350. The molecule has 0 aliphatic rings. The molecule has 0 heterocycles. The van der Waals surface area contributed by atoms with E-state index in [0.29, 0.717) is 32.1 Å². The molecule has 0 bridgehead atoms. The number of halogens is 1. The summed E-state index contributed by atoms with van der Waals surface area (Å²) in [6.45, 7) is 2.46. The maximum absolute atomic E-state index is 5.89. The van der Waals surface area contributed by atoms with Gasteiger partial charge in [0.1, 0.15) is 6.61 Å². The van der Waals surface area contributed by atoms with Gasteiger partial charge in [0.05, 0.1) is 13.7 Å². The summed E-state index contributed by atoms with van der Waals surface area (Å²) < 4.78 is 16.4. The van der Waals surface area contributed by atoms with Crippen LogP contribution in [0.2, 0.25) is 0 Å². The van der Waals surface area contributed by atoms with Crippen molar-refractivity contribution in [1.82, 2.24) is 10.6 Å². The van der Waals surface area contributed by atoms with Crippen molar-refractivity contribution in [2.24, 2.45) is 4.99 Å². The zero-order chi connectivity index (χ0) is 18.6. The summed E-state index contributed by atoms with van der Waals surface area (Å²) in [4.78, 5) is 4.18. The van der Waals surface area contributed by atoms with Crippen LogP contribution in [-0.4, -0.2) is 40.4 Å². The van der Waals surface area contributed by atoms with E-state index in [4.69, 9.17) is 14.2 Å². The average Bonchev–Trinajstić information content (AvgIpc) is 2.70. The smallest absolute Gasteiger partial charge is 0.191 e. The molecule has 0 aromatic heterocycles. The van der Waals surface area contributed by atoms with E-state index in [1.54, 1.807) is 21.3 Å². The molecular formula is C20H28IN3O3. The van der Waals surface area contributed by atoms with Gasteiger partial charge in [-0.3, -0.25) is 4.99 Å². The molecule has 0 fully saturated rings. The Balaban J connectivity index is 0.00000364. The minimum atomic E-state index is 0. The Hall–Kier alpha value is -2.00. The Morgan fingerprint density at radius 1 is 0.963 bits per heavy atom. The van der Waals surface area contributed by atoms with Gasteiger partial charge in [-0.25, -0.2) is 0 Å². The quantitative estimate of drug-likeness (QED) is 0.247. The second kappa shape index (κ2) is 13.2. The second-order valence-corrected chi connectivity index (χ2v) is 5.60. The summed E-state index contributed by atoms with van der Waals surface area (Å²) in [6, 6.07) is 16.0. The molecule has 148 valence electrons. The number of methoxy groups -OCH3 is 2. The van der Waals surface area contributed by atoms with E-state index in [0.717, 1.165) is 22.8 Å². The molecule has 0 saturated carbocycles. The van der Waals surface area contributed by atoms with E-state index < -0.39 is 0 Å². The molecule has 0 radical (unpaired) electrons. The topological polar surface area (TPSA) is 64.1 Å². The number of benzene rings is 2. The van der Waals surface area contributed by atoms with Crippen LogP contribution in [0.5, 0.6) is 11.5 Å². The van der Waals surface area contributed by atoms with E-state index in [1.165, 1.54) is 0 Å². The van der Waals surface area contributed by atoms with Gasteiger partial charge in [0.15, 0.2) is 17.5 Å². The van der Waals surface area contributed by atoms with Crippen LogP contribution in [0.25, 0.3) is 0 Å². The lowest BCUT2D eigenvalue weighted by Crippen LogP contribution is -2.38. The number of nitrogens with one attached hydrogen (secondary N) is 2. The maximum atomic E-state index is 5.89. The Kier molecular flexibility index (Phi) is 11.3.